The molecule has 0 aliphatic rings. The lowest BCUT2D eigenvalue weighted by molar-refractivity contribution is -0.120. The van der Waals surface area contributed by atoms with Crippen molar-refractivity contribution < 1.29 is 9.59 Å². The van der Waals surface area contributed by atoms with Gasteiger partial charge >= 0.3 is 0 Å². The lowest BCUT2D eigenvalue weighted by Crippen LogP contribution is -2.24. The zero-order chi connectivity index (χ0) is 19.2. The maximum absolute atomic E-state index is 12.2. The van der Waals surface area contributed by atoms with E-state index >= 15 is 0 Å². The molecule has 140 valence electrons. The first kappa shape index (κ1) is 19.3. The van der Waals surface area contributed by atoms with Gasteiger partial charge in [0.05, 0.1) is 17.0 Å². The maximum Gasteiger partial charge on any atom is 0.226 e. The molecule has 1 aromatic carbocycles. The number of benzene rings is 1. The Hall–Kier alpha value is -2.51. The first-order chi connectivity index (χ1) is 13.0. The number of thiazole rings is 1. The summed E-state index contributed by atoms with van der Waals surface area (Å²) in [7, 11) is 0. The van der Waals surface area contributed by atoms with Gasteiger partial charge in [-0.1, -0.05) is 32.0 Å². The van der Waals surface area contributed by atoms with Crippen molar-refractivity contribution in [3.63, 3.8) is 0 Å². The fraction of sp³-hybridized carbons (Fsp3) is 0.250. The monoisotopic (exact) mass is 399 g/mol. The summed E-state index contributed by atoms with van der Waals surface area (Å²) in [6.07, 6.45) is 0.268. The number of nitrogens with zero attached hydrogens (tertiary/aromatic N) is 1. The Labute approximate surface area is 166 Å². The Bertz CT molecular complexity index is 900. The van der Waals surface area contributed by atoms with E-state index in [4.69, 9.17) is 0 Å². The van der Waals surface area contributed by atoms with E-state index in [0.717, 1.165) is 26.8 Å². The molecular weight excluding hydrogens is 378 g/mol. The Morgan fingerprint density at radius 1 is 1.11 bits per heavy atom. The van der Waals surface area contributed by atoms with Gasteiger partial charge in [0.25, 0.3) is 0 Å². The van der Waals surface area contributed by atoms with Crippen LogP contribution >= 0.6 is 22.7 Å². The second-order valence-electron chi connectivity index (χ2n) is 6.42. The van der Waals surface area contributed by atoms with Gasteiger partial charge in [-0.3, -0.25) is 9.59 Å². The van der Waals surface area contributed by atoms with Crippen molar-refractivity contribution in [2.75, 3.05) is 5.32 Å². The molecule has 0 unspecified atom stereocenters. The third-order valence-corrected chi connectivity index (χ3v) is 5.79. The topological polar surface area (TPSA) is 71.1 Å². The SMILES string of the molecule is CC(C)C(=O)Nc1ccc(CNC(=O)Cc2csc(-c3cccs3)n2)cc1. The Morgan fingerprint density at radius 3 is 2.56 bits per heavy atom. The number of nitrogens with one attached hydrogen (secondary N) is 2. The number of hydrogen-bond acceptors (Lipinski definition) is 5. The molecule has 27 heavy (non-hydrogen) atoms. The van der Waals surface area contributed by atoms with Crippen LogP contribution in [0.5, 0.6) is 0 Å². The molecule has 2 aromatic heterocycles. The summed E-state index contributed by atoms with van der Waals surface area (Å²) in [5.74, 6) is -0.133. The molecule has 0 aliphatic heterocycles. The number of hydrogen-bond donors (Lipinski definition) is 2. The number of anilines is 1. The minimum atomic E-state index is -0.0602. The molecule has 7 heteroatoms. The summed E-state index contributed by atoms with van der Waals surface area (Å²) in [5, 5.41) is 10.7. The van der Waals surface area contributed by atoms with E-state index in [-0.39, 0.29) is 24.2 Å². The highest BCUT2D eigenvalue weighted by molar-refractivity contribution is 7.20. The molecule has 0 atom stereocenters. The summed E-state index contributed by atoms with van der Waals surface area (Å²) in [6.45, 7) is 4.15. The van der Waals surface area contributed by atoms with E-state index in [2.05, 4.69) is 15.6 Å². The van der Waals surface area contributed by atoms with Gasteiger partial charge < -0.3 is 10.6 Å². The molecule has 0 fully saturated rings. The van der Waals surface area contributed by atoms with E-state index in [1.165, 1.54) is 0 Å². The highest BCUT2D eigenvalue weighted by Gasteiger charge is 2.10. The lowest BCUT2D eigenvalue weighted by Gasteiger charge is -2.09. The van der Waals surface area contributed by atoms with Crippen molar-refractivity contribution in [1.82, 2.24) is 10.3 Å². The highest BCUT2D eigenvalue weighted by Crippen LogP contribution is 2.27. The smallest absolute Gasteiger partial charge is 0.226 e. The Balaban J connectivity index is 1.48. The van der Waals surface area contributed by atoms with E-state index in [1.54, 1.807) is 22.7 Å². The average Bonchev–Trinajstić information content (AvgIpc) is 3.32. The van der Waals surface area contributed by atoms with Gasteiger partial charge in [-0.2, -0.15) is 0 Å². The van der Waals surface area contributed by atoms with Crippen LogP contribution in [0.2, 0.25) is 0 Å². The summed E-state index contributed by atoms with van der Waals surface area (Å²) >= 11 is 3.20. The fourth-order valence-corrected chi connectivity index (χ4v) is 3.96. The fourth-order valence-electron chi connectivity index (χ4n) is 2.32. The van der Waals surface area contributed by atoms with E-state index < -0.39 is 0 Å². The van der Waals surface area contributed by atoms with Crippen LogP contribution in [0.15, 0.2) is 47.2 Å². The molecule has 0 radical (unpaired) electrons. The molecule has 0 bridgehead atoms. The van der Waals surface area contributed by atoms with Gasteiger partial charge in [0.1, 0.15) is 5.01 Å². The quantitative estimate of drug-likeness (QED) is 0.621. The number of amides is 2. The van der Waals surface area contributed by atoms with Gasteiger partial charge in [-0.05, 0) is 29.1 Å². The molecule has 2 heterocycles. The van der Waals surface area contributed by atoms with Gasteiger partial charge in [0, 0.05) is 23.5 Å². The summed E-state index contributed by atoms with van der Waals surface area (Å²) < 4.78 is 0. The molecule has 3 rings (SSSR count). The molecular formula is C20H21N3O2S2. The van der Waals surface area contributed by atoms with Crippen molar-refractivity contribution in [2.24, 2.45) is 5.92 Å². The summed E-state index contributed by atoms with van der Waals surface area (Å²) in [4.78, 5) is 29.5. The normalized spacial score (nSPS) is 10.8. The van der Waals surface area contributed by atoms with Crippen molar-refractivity contribution in [3.05, 3.63) is 58.4 Å². The molecule has 3 aromatic rings. The molecule has 2 amide bonds. The third kappa shape index (κ3) is 5.48. The molecule has 5 nitrogen and oxygen atoms in total. The van der Waals surface area contributed by atoms with Crippen molar-refractivity contribution in [3.8, 4) is 9.88 Å². The standard InChI is InChI=1S/C20H21N3O2S2/c1-13(2)19(25)22-15-7-5-14(6-8-15)11-21-18(24)10-16-12-27-20(23-16)17-4-3-9-26-17/h3-9,12-13H,10-11H2,1-2H3,(H,21,24)(H,22,25). The van der Waals surface area contributed by atoms with Crippen LogP contribution in [0, 0.1) is 5.92 Å². The minimum absolute atomic E-state index is 0.0127. The first-order valence-electron chi connectivity index (χ1n) is 8.66. The largest absolute Gasteiger partial charge is 0.352 e. The van der Waals surface area contributed by atoms with Crippen LogP contribution in [-0.2, 0) is 22.6 Å². The van der Waals surface area contributed by atoms with E-state index in [0.29, 0.717) is 6.54 Å². The van der Waals surface area contributed by atoms with Crippen LogP contribution < -0.4 is 10.6 Å². The molecule has 2 N–H and O–H groups in total. The molecule has 0 saturated carbocycles. The number of carbonyl (C=O) groups excluding carboxylic acids is 2. The van der Waals surface area contributed by atoms with Gasteiger partial charge in [0.2, 0.25) is 11.8 Å². The average molecular weight is 400 g/mol. The second kappa shape index (κ2) is 8.92. The third-order valence-electron chi connectivity index (χ3n) is 3.86. The summed E-state index contributed by atoms with van der Waals surface area (Å²) in [6, 6.07) is 11.5. The molecule has 0 spiro atoms. The number of carbonyl (C=O) groups is 2. The van der Waals surface area contributed by atoms with Crippen LogP contribution in [0.3, 0.4) is 0 Å². The highest BCUT2D eigenvalue weighted by atomic mass is 32.1. The predicted octanol–water partition coefficient (Wildman–Crippen LogP) is 4.33. The predicted molar refractivity (Wildman–Crippen MR) is 111 cm³/mol. The Morgan fingerprint density at radius 2 is 1.89 bits per heavy atom. The van der Waals surface area contributed by atoms with Crippen LogP contribution in [0.25, 0.3) is 9.88 Å². The second-order valence-corrected chi connectivity index (χ2v) is 8.22. The van der Waals surface area contributed by atoms with Crippen molar-refractivity contribution >= 4 is 40.2 Å². The molecule has 0 aliphatic carbocycles. The van der Waals surface area contributed by atoms with Crippen molar-refractivity contribution in [2.45, 2.75) is 26.8 Å². The lowest BCUT2D eigenvalue weighted by atomic mass is 10.1. The minimum Gasteiger partial charge on any atom is -0.352 e. The zero-order valence-electron chi connectivity index (χ0n) is 15.2. The Kier molecular flexibility index (Phi) is 6.36. The van der Waals surface area contributed by atoms with Crippen molar-refractivity contribution in [1.29, 1.82) is 0 Å². The van der Waals surface area contributed by atoms with Gasteiger partial charge in [0.15, 0.2) is 0 Å². The van der Waals surface area contributed by atoms with E-state index in [9.17, 15) is 9.59 Å². The number of aromatic nitrogens is 1. The van der Waals surface area contributed by atoms with E-state index in [1.807, 2.05) is 61.0 Å². The van der Waals surface area contributed by atoms with Crippen LogP contribution in [0.4, 0.5) is 5.69 Å². The van der Waals surface area contributed by atoms with Crippen LogP contribution in [-0.4, -0.2) is 16.8 Å². The maximum atomic E-state index is 12.2. The summed E-state index contributed by atoms with van der Waals surface area (Å²) in [5.41, 5.74) is 2.52. The van der Waals surface area contributed by atoms with Gasteiger partial charge in [-0.25, -0.2) is 4.98 Å². The molecule has 0 saturated heterocycles. The number of rotatable bonds is 7. The van der Waals surface area contributed by atoms with Crippen LogP contribution in [0.1, 0.15) is 25.1 Å². The zero-order valence-corrected chi connectivity index (χ0v) is 16.8. The van der Waals surface area contributed by atoms with Gasteiger partial charge in [-0.15, -0.1) is 22.7 Å². The first-order valence-corrected chi connectivity index (χ1v) is 10.4. The number of thiophene rings is 1.